The van der Waals surface area contributed by atoms with E-state index in [4.69, 9.17) is 9.84 Å². The van der Waals surface area contributed by atoms with Crippen LogP contribution in [0, 0.1) is 0 Å². The van der Waals surface area contributed by atoms with E-state index in [2.05, 4.69) is 17.0 Å². The van der Waals surface area contributed by atoms with Gasteiger partial charge in [-0.1, -0.05) is 42.5 Å². The number of benzene rings is 2. The third kappa shape index (κ3) is 4.66. The molecule has 0 spiro atoms. The topological polar surface area (TPSA) is 49.8 Å². The number of carboxylic acids is 1. The van der Waals surface area contributed by atoms with Crippen LogP contribution in [0.25, 0.3) is 0 Å². The number of nitrogens with zero attached hydrogens (tertiary/aromatic N) is 1. The molecule has 0 saturated carbocycles. The van der Waals surface area contributed by atoms with E-state index in [-0.39, 0.29) is 0 Å². The fraction of sp³-hybridized carbons (Fsp3) is 0.350. The summed E-state index contributed by atoms with van der Waals surface area (Å²) in [6.45, 7) is 3.58. The van der Waals surface area contributed by atoms with E-state index in [1.54, 1.807) is 12.1 Å². The molecule has 1 aliphatic heterocycles. The van der Waals surface area contributed by atoms with Crippen LogP contribution < -0.4 is 0 Å². The molecule has 0 atom stereocenters. The van der Waals surface area contributed by atoms with Crippen LogP contribution in [-0.4, -0.2) is 35.2 Å². The summed E-state index contributed by atoms with van der Waals surface area (Å²) in [7, 11) is 0. The maximum absolute atomic E-state index is 10.9. The smallest absolute Gasteiger partial charge is 0.335 e. The second kappa shape index (κ2) is 8.08. The van der Waals surface area contributed by atoms with Crippen molar-refractivity contribution in [2.24, 2.45) is 0 Å². The fourth-order valence-corrected chi connectivity index (χ4v) is 3.03. The van der Waals surface area contributed by atoms with Crippen molar-refractivity contribution in [3.05, 3.63) is 71.3 Å². The molecule has 1 fully saturated rings. The molecule has 1 N–H and O–H groups in total. The number of hydrogen-bond acceptors (Lipinski definition) is 3. The third-order valence-electron chi connectivity index (χ3n) is 4.47. The number of carbonyl (C=O) groups is 1. The molecule has 0 radical (unpaired) electrons. The molecule has 3 rings (SSSR count). The Balaban J connectivity index is 1.42. The Morgan fingerprint density at radius 1 is 1.00 bits per heavy atom. The maximum Gasteiger partial charge on any atom is 0.335 e. The molecule has 24 heavy (non-hydrogen) atoms. The number of rotatable bonds is 6. The third-order valence-corrected chi connectivity index (χ3v) is 4.47. The van der Waals surface area contributed by atoms with Gasteiger partial charge < -0.3 is 9.84 Å². The van der Waals surface area contributed by atoms with Gasteiger partial charge in [-0.05, 0) is 36.1 Å². The van der Waals surface area contributed by atoms with Crippen molar-refractivity contribution in [2.45, 2.75) is 32.1 Å². The van der Waals surface area contributed by atoms with E-state index in [0.717, 1.165) is 38.0 Å². The highest BCUT2D eigenvalue weighted by Gasteiger charge is 2.19. The van der Waals surface area contributed by atoms with Gasteiger partial charge in [0.2, 0.25) is 0 Å². The second-order valence-corrected chi connectivity index (χ2v) is 6.27. The highest BCUT2D eigenvalue weighted by atomic mass is 16.5. The lowest BCUT2D eigenvalue weighted by molar-refractivity contribution is -0.00394. The molecular weight excluding hydrogens is 302 g/mol. The number of hydrogen-bond donors (Lipinski definition) is 1. The minimum absolute atomic E-state index is 0.329. The molecule has 4 heteroatoms. The Morgan fingerprint density at radius 2 is 1.67 bits per heavy atom. The Kier molecular flexibility index (Phi) is 5.62. The van der Waals surface area contributed by atoms with Crippen LogP contribution in [0.2, 0.25) is 0 Å². The standard InChI is InChI=1S/C20H23NO3/c22-20(23)18-8-6-16(7-9-18)14-21-12-10-19(11-13-21)24-15-17-4-2-1-3-5-17/h1-9,19H,10-15H2,(H,22,23). The predicted octanol–water partition coefficient (Wildman–Crippen LogP) is 3.57. The molecule has 0 bridgehead atoms. The van der Waals surface area contributed by atoms with Gasteiger partial charge in [0, 0.05) is 19.6 Å². The lowest BCUT2D eigenvalue weighted by Crippen LogP contribution is -2.36. The average molecular weight is 325 g/mol. The zero-order valence-electron chi connectivity index (χ0n) is 13.7. The number of piperidine rings is 1. The maximum atomic E-state index is 10.9. The van der Waals surface area contributed by atoms with Gasteiger partial charge >= 0.3 is 5.97 Å². The monoisotopic (exact) mass is 325 g/mol. The SMILES string of the molecule is O=C(O)c1ccc(CN2CCC(OCc3ccccc3)CC2)cc1. The molecule has 1 aliphatic rings. The first-order chi connectivity index (χ1) is 11.7. The van der Waals surface area contributed by atoms with Gasteiger partial charge in [0.1, 0.15) is 0 Å². The van der Waals surface area contributed by atoms with Crippen molar-refractivity contribution in [1.82, 2.24) is 4.90 Å². The second-order valence-electron chi connectivity index (χ2n) is 6.27. The Labute approximate surface area is 142 Å². The summed E-state index contributed by atoms with van der Waals surface area (Å²) in [4.78, 5) is 13.3. The molecule has 1 heterocycles. The van der Waals surface area contributed by atoms with Crippen molar-refractivity contribution < 1.29 is 14.6 Å². The van der Waals surface area contributed by atoms with Crippen LogP contribution in [0.3, 0.4) is 0 Å². The zero-order valence-corrected chi connectivity index (χ0v) is 13.7. The Morgan fingerprint density at radius 3 is 2.29 bits per heavy atom. The minimum Gasteiger partial charge on any atom is -0.478 e. The number of ether oxygens (including phenoxy) is 1. The summed E-state index contributed by atoms with van der Waals surface area (Å²) >= 11 is 0. The normalized spacial score (nSPS) is 16.2. The van der Waals surface area contributed by atoms with E-state index in [1.165, 1.54) is 5.56 Å². The Bertz CT molecular complexity index is 646. The first-order valence-electron chi connectivity index (χ1n) is 8.41. The van der Waals surface area contributed by atoms with Crippen molar-refractivity contribution in [3.8, 4) is 0 Å². The summed E-state index contributed by atoms with van der Waals surface area (Å²) < 4.78 is 6.02. The van der Waals surface area contributed by atoms with Crippen molar-refractivity contribution in [2.75, 3.05) is 13.1 Å². The van der Waals surface area contributed by atoms with E-state index in [1.807, 2.05) is 30.3 Å². The van der Waals surface area contributed by atoms with Crippen molar-refractivity contribution in [1.29, 1.82) is 0 Å². The Hall–Kier alpha value is -2.17. The first kappa shape index (κ1) is 16.7. The average Bonchev–Trinajstić information content (AvgIpc) is 2.62. The van der Waals surface area contributed by atoms with Crippen molar-refractivity contribution >= 4 is 5.97 Å². The lowest BCUT2D eigenvalue weighted by Gasteiger charge is -2.32. The number of aromatic carboxylic acids is 1. The van der Waals surface area contributed by atoms with Gasteiger partial charge in [0.25, 0.3) is 0 Å². The van der Waals surface area contributed by atoms with E-state index in [0.29, 0.717) is 18.3 Å². The first-order valence-corrected chi connectivity index (χ1v) is 8.41. The largest absolute Gasteiger partial charge is 0.478 e. The highest BCUT2D eigenvalue weighted by Crippen LogP contribution is 2.18. The molecule has 1 saturated heterocycles. The summed E-state index contributed by atoms with van der Waals surface area (Å²) in [5.41, 5.74) is 2.72. The van der Waals surface area contributed by atoms with Gasteiger partial charge in [-0.3, -0.25) is 4.90 Å². The van der Waals surface area contributed by atoms with E-state index in [9.17, 15) is 4.79 Å². The van der Waals surface area contributed by atoms with Gasteiger partial charge in [-0.15, -0.1) is 0 Å². The van der Waals surface area contributed by atoms with E-state index >= 15 is 0 Å². The summed E-state index contributed by atoms with van der Waals surface area (Å²) in [6.07, 6.45) is 2.41. The molecular formula is C20H23NO3. The molecule has 0 aliphatic carbocycles. The van der Waals surface area contributed by atoms with Crippen LogP contribution in [0.15, 0.2) is 54.6 Å². The zero-order chi connectivity index (χ0) is 16.8. The molecule has 0 aromatic heterocycles. The molecule has 2 aromatic carbocycles. The minimum atomic E-state index is -0.877. The molecule has 0 unspecified atom stereocenters. The number of carboxylic acid groups (broad SMARTS) is 1. The molecule has 4 nitrogen and oxygen atoms in total. The molecule has 0 amide bonds. The molecule has 2 aromatic rings. The fourth-order valence-electron chi connectivity index (χ4n) is 3.03. The molecule has 126 valence electrons. The summed E-state index contributed by atoms with van der Waals surface area (Å²) in [5, 5.41) is 8.93. The summed E-state index contributed by atoms with van der Waals surface area (Å²) in [5.74, 6) is -0.877. The van der Waals surface area contributed by atoms with Crippen LogP contribution >= 0.6 is 0 Å². The van der Waals surface area contributed by atoms with Gasteiger partial charge in [0.15, 0.2) is 0 Å². The van der Waals surface area contributed by atoms with Crippen LogP contribution in [0.4, 0.5) is 0 Å². The van der Waals surface area contributed by atoms with Gasteiger partial charge in [-0.2, -0.15) is 0 Å². The van der Waals surface area contributed by atoms with Crippen LogP contribution in [0.5, 0.6) is 0 Å². The predicted molar refractivity (Wildman–Crippen MR) is 92.9 cm³/mol. The lowest BCUT2D eigenvalue weighted by atomic mass is 10.1. The summed E-state index contributed by atoms with van der Waals surface area (Å²) in [6, 6.07) is 17.4. The quantitative estimate of drug-likeness (QED) is 0.882. The highest BCUT2D eigenvalue weighted by molar-refractivity contribution is 5.87. The van der Waals surface area contributed by atoms with Crippen molar-refractivity contribution in [3.63, 3.8) is 0 Å². The van der Waals surface area contributed by atoms with Gasteiger partial charge in [0.05, 0.1) is 18.3 Å². The van der Waals surface area contributed by atoms with Crippen LogP contribution in [-0.2, 0) is 17.9 Å². The van der Waals surface area contributed by atoms with Crippen LogP contribution in [0.1, 0.15) is 34.3 Å². The van der Waals surface area contributed by atoms with E-state index < -0.39 is 5.97 Å². The number of likely N-dealkylation sites (tertiary alicyclic amines) is 1. The van der Waals surface area contributed by atoms with Gasteiger partial charge in [-0.25, -0.2) is 4.79 Å².